The Hall–Kier alpha value is -0.450. The van der Waals surface area contributed by atoms with Gasteiger partial charge in [0.1, 0.15) is 10.2 Å². The summed E-state index contributed by atoms with van der Waals surface area (Å²) >= 11 is 7.28. The number of aliphatic hydroxyl groups excluding tert-OH is 1. The first-order chi connectivity index (χ1) is 6.63. The summed E-state index contributed by atoms with van der Waals surface area (Å²) in [4.78, 5) is 4.12. The molecule has 0 radical (unpaired) electrons. The second-order valence-corrected chi connectivity index (χ2v) is 4.78. The number of pyridine rings is 1. The number of thioether (sulfide) groups is 1. The molecule has 0 saturated heterocycles. The molecule has 0 fully saturated rings. The number of nitrogen functional groups attached to an aromatic ring is 1. The van der Waals surface area contributed by atoms with Crippen molar-refractivity contribution in [2.75, 3.05) is 12.3 Å². The minimum absolute atomic E-state index is 0.175. The van der Waals surface area contributed by atoms with E-state index in [1.807, 2.05) is 6.92 Å². The molecule has 78 valence electrons. The summed E-state index contributed by atoms with van der Waals surface area (Å²) in [5.41, 5.74) is 6.36. The molecular weight excluding hydrogens is 220 g/mol. The van der Waals surface area contributed by atoms with Crippen LogP contribution in [0.15, 0.2) is 17.2 Å². The van der Waals surface area contributed by atoms with Crippen LogP contribution in [-0.4, -0.2) is 21.9 Å². The van der Waals surface area contributed by atoms with E-state index in [0.29, 0.717) is 10.8 Å². The van der Waals surface area contributed by atoms with Crippen molar-refractivity contribution < 1.29 is 5.11 Å². The predicted octanol–water partition coefficient (Wildman–Crippen LogP) is 2.18. The normalized spacial score (nSPS) is 12.8. The second-order valence-electron chi connectivity index (χ2n) is 2.97. The molecule has 3 nitrogen and oxygen atoms in total. The number of hydrogen-bond donors (Lipinski definition) is 2. The van der Waals surface area contributed by atoms with E-state index in [-0.39, 0.29) is 11.9 Å². The van der Waals surface area contributed by atoms with Crippen molar-refractivity contribution in [3.63, 3.8) is 0 Å². The van der Waals surface area contributed by atoms with Gasteiger partial charge in [-0.1, -0.05) is 18.5 Å². The van der Waals surface area contributed by atoms with E-state index >= 15 is 0 Å². The van der Waals surface area contributed by atoms with Crippen molar-refractivity contribution in [1.29, 1.82) is 0 Å². The fraction of sp³-hybridized carbons (Fsp3) is 0.444. The number of hydrogen-bond acceptors (Lipinski definition) is 4. The molecule has 1 unspecified atom stereocenters. The molecule has 5 heteroatoms. The molecule has 14 heavy (non-hydrogen) atoms. The van der Waals surface area contributed by atoms with Crippen molar-refractivity contribution in [2.24, 2.45) is 0 Å². The summed E-state index contributed by atoms with van der Waals surface area (Å²) < 4.78 is 0. The molecule has 3 N–H and O–H groups in total. The van der Waals surface area contributed by atoms with Gasteiger partial charge in [-0.05, 0) is 18.6 Å². The maximum atomic E-state index is 8.75. The molecule has 1 heterocycles. The summed E-state index contributed by atoms with van der Waals surface area (Å²) in [6, 6.07) is 3.40. The maximum Gasteiger partial charge on any atom is 0.130 e. The quantitative estimate of drug-likeness (QED) is 0.617. The van der Waals surface area contributed by atoms with Gasteiger partial charge in [-0.25, -0.2) is 4.98 Å². The molecule has 1 aromatic rings. The van der Waals surface area contributed by atoms with Crippen LogP contribution in [0, 0.1) is 0 Å². The smallest absolute Gasteiger partial charge is 0.130 e. The van der Waals surface area contributed by atoms with Gasteiger partial charge in [0.15, 0.2) is 0 Å². The Morgan fingerprint density at radius 2 is 2.36 bits per heavy atom. The van der Waals surface area contributed by atoms with Crippen LogP contribution in [-0.2, 0) is 0 Å². The van der Waals surface area contributed by atoms with Gasteiger partial charge < -0.3 is 10.8 Å². The van der Waals surface area contributed by atoms with E-state index in [9.17, 15) is 0 Å². The van der Waals surface area contributed by atoms with Crippen molar-refractivity contribution in [2.45, 2.75) is 23.6 Å². The lowest BCUT2D eigenvalue weighted by Gasteiger charge is -2.10. The summed E-state index contributed by atoms with van der Waals surface area (Å²) in [7, 11) is 0. The predicted molar refractivity (Wildman–Crippen MR) is 60.7 cm³/mol. The molecule has 0 aromatic carbocycles. The van der Waals surface area contributed by atoms with E-state index in [4.69, 9.17) is 22.4 Å². The van der Waals surface area contributed by atoms with Crippen molar-refractivity contribution in [1.82, 2.24) is 4.98 Å². The van der Waals surface area contributed by atoms with Crippen LogP contribution in [0.2, 0.25) is 5.15 Å². The lowest BCUT2D eigenvalue weighted by molar-refractivity contribution is 0.289. The first-order valence-electron chi connectivity index (χ1n) is 4.33. The van der Waals surface area contributed by atoms with Gasteiger partial charge in [-0.15, -0.1) is 11.8 Å². The van der Waals surface area contributed by atoms with Crippen LogP contribution in [0.3, 0.4) is 0 Å². The van der Waals surface area contributed by atoms with E-state index in [0.717, 1.165) is 11.4 Å². The molecule has 0 aliphatic rings. The fourth-order valence-electron chi connectivity index (χ4n) is 0.954. The van der Waals surface area contributed by atoms with Gasteiger partial charge in [0, 0.05) is 11.9 Å². The third-order valence-corrected chi connectivity index (χ3v) is 3.10. The molecule has 0 aliphatic heterocycles. The first kappa shape index (κ1) is 11.6. The van der Waals surface area contributed by atoms with Gasteiger partial charge >= 0.3 is 0 Å². The molecule has 1 atom stereocenters. The standard InChI is InChI=1S/C9H13ClN2OS/c1-6(4-5-13)14-9-7(11)2-3-8(10)12-9/h2-3,6,13H,4-5,11H2,1H3. The number of nitrogens with zero attached hydrogens (tertiary/aromatic N) is 1. The molecule has 0 aliphatic carbocycles. The van der Waals surface area contributed by atoms with Crippen LogP contribution in [0.25, 0.3) is 0 Å². The Morgan fingerprint density at radius 1 is 1.64 bits per heavy atom. The highest BCUT2D eigenvalue weighted by Gasteiger charge is 2.08. The molecule has 0 spiro atoms. The molecule has 1 aromatic heterocycles. The Morgan fingerprint density at radius 3 is 3.00 bits per heavy atom. The number of aromatic nitrogens is 1. The van der Waals surface area contributed by atoms with Crippen molar-refractivity contribution in [3.05, 3.63) is 17.3 Å². The molecule has 0 amide bonds. The second kappa shape index (κ2) is 5.44. The van der Waals surface area contributed by atoms with Crippen molar-refractivity contribution >= 4 is 29.1 Å². The third kappa shape index (κ3) is 3.36. The van der Waals surface area contributed by atoms with Gasteiger partial charge in [0.25, 0.3) is 0 Å². The van der Waals surface area contributed by atoms with E-state index < -0.39 is 0 Å². The topological polar surface area (TPSA) is 59.1 Å². The summed E-state index contributed by atoms with van der Waals surface area (Å²) in [5, 5.41) is 10.2. The maximum absolute atomic E-state index is 8.75. The lowest BCUT2D eigenvalue weighted by atomic mass is 10.3. The van der Waals surface area contributed by atoms with E-state index in [2.05, 4.69) is 4.98 Å². The average molecular weight is 233 g/mol. The first-order valence-corrected chi connectivity index (χ1v) is 5.58. The van der Waals surface area contributed by atoms with Crippen LogP contribution in [0.4, 0.5) is 5.69 Å². The van der Waals surface area contributed by atoms with Gasteiger partial charge in [-0.3, -0.25) is 0 Å². The van der Waals surface area contributed by atoms with Crippen LogP contribution in [0.5, 0.6) is 0 Å². The van der Waals surface area contributed by atoms with Crippen LogP contribution >= 0.6 is 23.4 Å². The molecule has 0 bridgehead atoms. The fourth-order valence-corrected chi connectivity index (χ4v) is 2.11. The summed E-state index contributed by atoms with van der Waals surface area (Å²) in [6.07, 6.45) is 0.721. The Kier molecular flexibility index (Phi) is 4.51. The van der Waals surface area contributed by atoms with Crippen LogP contribution < -0.4 is 5.73 Å². The SMILES string of the molecule is CC(CCO)Sc1nc(Cl)ccc1N. The number of nitrogens with two attached hydrogens (primary N) is 1. The highest BCUT2D eigenvalue weighted by molar-refractivity contribution is 8.00. The Balaban J connectivity index is 2.70. The minimum Gasteiger partial charge on any atom is -0.397 e. The van der Waals surface area contributed by atoms with Crippen molar-refractivity contribution in [3.8, 4) is 0 Å². The Labute approximate surface area is 92.7 Å². The summed E-state index contributed by atoms with van der Waals surface area (Å²) in [5.74, 6) is 0. The lowest BCUT2D eigenvalue weighted by Crippen LogP contribution is -2.01. The highest BCUT2D eigenvalue weighted by Crippen LogP contribution is 2.29. The highest BCUT2D eigenvalue weighted by atomic mass is 35.5. The zero-order valence-corrected chi connectivity index (χ0v) is 9.48. The molecular formula is C9H13ClN2OS. The van der Waals surface area contributed by atoms with Gasteiger partial charge in [0.2, 0.25) is 0 Å². The van der Waals surface area contributed by atoms with E-state index in [1.54, 1.807) is 12.1 Å². The molecule has 0 saturated carbocycles. The number of aliphatic hydroxyl groups is 1. The zero-order chi connectivity index (χ0) is 10.6. The average Bonchev–Trinajstić information content (AvgIpc) is 2.12. The largest absolute Gasteiger partial charge is 0.397 e. The number of rotatable bonds is 4. The van der Waals surface area contributed by atoms with Gasteiger partial charge in [0.05, 0.1) is 5.69 Å². The Bertz CT molecular complexity index is 309. The minimum atomic E-state index is 0.175. The van der Waals surface area contributed by atoms with Crippen LogP contribution in [0.1, 0.15) is 13.3 Å². The zero-order valence-electron chi connectivity index (χ0n) is 7.90. The third-order valence-electron chi connectivity index (χ3n) is 1.70. The molecule has 1 rings (SSSR count). The number of anilines is 1. The van der Waals surface area contributed by atoms with Gasteiger partial charge in [-0.2, -0.15) is 0 Å². The monoisotopic (exact) mass is 232 g/mol. The summed E-state index contributed by atoms with van der Waals surface area (Å²) in [6.45, 7) is 2.19. The van der Waals surface area contributed by atoms with E-state index in [1.165, 1.54) is 11.8 Å². The number of halogens is 1.